The molecule has 0 heterocycles. The van der Waals surface area contributed by atoms with Gasteiger partial charge in [0.2, 0.25) is 0 Å². The Labute approximate surface area is 165 Å². The zero-order valence-electron chi connectivity index (χ0n) is 12.7. The van der Waals surface area contributed by atoms with Gasteiger partial charge in [0.1, 0.15) is 20.8 Å². The van der Waals surface area contributed by atoms with Gasteiger partial charge in [-0.25, -0.2) is 8.78 Å². The smallest absolute Gasteiger partial charge is 0.347 e. The van der Waals surface area contributed by atoms with E-state index in [1.54, 1.807) is 5.32 Å². The monoisotopic (exact) mass is 465 g/mol. The van der Waals surface area contributed by atoms with E-state index in [1.165, 1.54) is 0 Å². The van der Waals surface area contributed by atoms with Gasteiger partial charge in [0.05, 0.1) is 27.2 Å². The molecule has 0 fully saturated rings. The van der Waals surface area contributed by atoms with Crippen molar-refractivity contribution in [1.29, 1.82) is 0 Å². The highest BCUT2D eigenvalue weighted by atomic mass is 35.5. The molecule has 0 saturated carbocycles. The van der Waals surface area contributed by atoms with E-state index in [-0.39, 0.29) is 12.1 Å². The highest BCUT2D eigenvalue weighted by molar-refractivity contribution is 6.42. The number of nitro groups is 2. The van der Waals surface area contributed by atoms with E-state index in [2.05, 4.69) is 0 Å². The molecule has 1 N–H and O–H groups in total. The minimum Gasteiger partial charge on any atom is -0.347 e. The molecule has 0 aliphatic rings. The topological polar surface area (TPSA) is 98.3 Å². The third kappa shape index (κ3) is 3.88. The molecule has 0 bridgehead atoms. The second kappa shape index (κ2) is 7.53. The van der Waals surface area contributed by atoms with Crippen molar-refractivity contribution in [2.24, 2.45) is 0 Å². The van der Waals surface area contributed by atoms with Gasteiger partial charge in [-0.05, 0) is 0 Å². The van der Waals surface area contributed by atoms with Crippen LogP contribution in [0.5, 0.6) is 0 Å². The Hall–Kier alpha value is -2.44. The molecule has 150 valence electrons. The first-order chi connectivity index (χ1) is 12.8. The Morgan fingerprint density at radius 2 is 1.36 bits per heavy atom. The molecule has 0 saturated heterocycles. The van der Waals surface area contributed by atoms with E-state index in [1.807, 2.05) is 0 Å². The van der Waals surface area contributed by atoms with Crippen LogP contribution >= 0.6 is 34.8 Å². The molecule has 2 aromatic rings. The van der Waals surface area contributed by atoms with Gasteiger partial charge in [0, 0.05) is 6.07 Å². The molecule has 0 aliphatic heterocycles. The van der Waals surface area contributed by atoms with E-state index < -0.39 is 71.0 Å². The van der Waals surface area contributed by atoms with Gasteiger partial charge < -0.3 is 5.32 Å². The fourth-order valence-electron chi connectivity index (χ4n) is 2.06. The fraction of sp³-hybridized carbons (Fsp3) is 0.0769. The number of nitro benzene ring substituents is 2. The fourth-order valence-corrected chi connectivity index (χ4v) is 2.86. The van der Waals surface area contributed by atoms with Gasteiger partial charge in [0.25, 0.3) is 11.4 Å². The highest BCUT2D eigenvalue weighted by Crippen LogP contribution is 2.47. The molecular weight excluding hydrogens is 464 g/mol. The Bertz CT molecular complexity index is 987. The lowest BCUT2D eigenvalue weighted by Gasteiger charge is -2.17. The maximum absolute atomic E-state index is 13.9. The quantitative estimate of drug-likeness (QED) is 0.182. The minimum atomic E-state index is -5.33. The lowest BCUT2D eigenvalue weighted by atomic mass is 10.1. The summed E-state index contributed by atoms with van der Waals surface area (Å²) in [7, 11) is 0. The first-order valence-corrected chi connectivity index (χ1v) is 7.73. The summed E-state index contributed by atoms with van der Waals surface area (Å²) in [6.45, 7) is 0. The van der Waals surface area contributed by atoms with E-state index in [0.29, 0.717) is 0 Å². The largest absolute Gasteiger partial charge is 0.418 e. The van der Waals surface area contributed by atoms with Crippen molar-refractivity contribution in [2.75, 3.05) is 5.32 Å². The number of non-ortho nitro benzene ring substituents is 1. The van der Waals surface area contributed by atoms with E-state index in [4.69, 9.17) is 34.8 Å². The minimum absolute atomic E-state index is 0.000223. The summed E-state index contributed by atoms with van der Waals surface area (Å²) in [4.78, 5) is 19.3. The molecule has 0 amide bonds. The maximum atomic E-state index is 13.9. The lowest BCUT2D eigenvalue weighted by molar-refractivity contribution is -0.394. The summed E-state index contributed by atoms with van der Waals surface area (Å²) in [6.07, 6.45) is -5.33. The number of rotatable bonds is 4. The summed E-state index contributed by atoms with van der Waals surface area (Å²) in [5, 5.41) is 20.4. The maximum Gasteiger partial charge on any atom is 0.418 e. The first kappa shape index (κ1) is 21.9. The Kier molecular flexibility index (Phi) is 5.87. The third-order valence-corrected chi connectivity index (χ3v) is 4.32. The van der Waals surface area contributed by atoms with Crippen molar-refractivity contribution in [3.63, 3.8) is 0 Å². The van der Waals surface area contributed by atoms with Crippen molar-refractivity contribution < 1.29 is 31.8 Å². The third-order valence-electron chi connectivity index (χ3n) is 3.28. The van der Waals surface area contributed by atoms with Crippen LogP contribution < -0.4 is 5.32 Å². The number of nitrogens with zero attached hydrogens (tertiary/aromatic N) is 2. The molecule has 28 heavy (non-hydrogen) atoms. The van der Waals surface area contributed by atoms with Crippen LogP contribution in [0, 0.1) is 31.9 Å². The van der Waals surface area contributed by atoms with E-state index in [9.17, 15) is 42.2 Å². The summed E-state index contributed by atoms with van der Waals surface area (Å²) >= 11 is 16.4. The summed E-state index contributed by atoms with van der Waals surface area (Å²) in [5.41, 5.74) is -6.88. The van der Waals surface area contributed by atoms with Crippen LogP contribution in [-0.2, 0) is 6.18 Å². The van der Waals surface area contributed by atoms with Gasteiger partial charge in [-0.3, -0.25) is 20.2 Å². The molecule has 2 rings (SSSR count). The molecule has 0 radical (unpaired) electrons. The number of halogens is 8. The molecule has 0 atom stereocenters. The van der Waals surface area contributed by atoms with Crippen molar-refractivity contribution in [3.8, 4) is 0 Å². The predicted octanol–water partition coefficient (Wildman–Crippen LogP) is 6.50. The van der Waals surface area contributed by atoms with Gasteiger partial charge in [-0.15, -0.1) is 0 Å². The highest BCUT2D eigenvalue weighted by Gasteiger charge is 2.40. The molecule has 0 unspecified atom stereocenters. The first-order valence-electron chi connectivity index (χ1n) is 6.59. The van der Waals surface area contributed by atoms with Crippen LogP contribution in [0.25, 0.3) is 0 Å². The van der Waals surface area contributed by atoms with Crippen LogP contribution in [0.15, 0.2) is 12.1 Å². The molecule has 15 heteroatoms. The molecule has 2 aromatic carbocycles. The van der Waals surface area contributed by atoms with Gasteiger partial charge in [-0.1, -0.05) is 34.8 Å². The molecule has 0 aliphatic carbocycles. The van der Waals surface area contributed by atoms with Crippen LogP contribution in [-0.4, -0.2) is 9.85 Å². The number of alkyl halides is 3. The van der Waals surface area contributed by atoms with Crippen LogP contribution in [0.3, 0.4) is 0 Å². The van der Waals surface area contributed by atoms with Crippen molar-refractivity contribution >= 4 is 57.6 Å². The molecule has 7 nitrogen and oxygen atoms in total. The van der Waals surface area contributed by atoms with Gasteiger partial charge in [0.15, 0.2) is 11.6 Å². The average Bonchev–Trinajstić information content (AvgIpc) is 2.60. The zero-order valence-corrected chi connectivity index (χ0v) is 15.0. The number of nitrogens with one attached hydrogen (secondary N) is 1. The normalized spacial score (nSPS) is 11.4. The molecular formula is C13H3Cl3F5N3O4. The molecule has 0 spiro atoms. The number of benzene rings is 2. The van der Waals surface area contributed by atoms with Crippen LogP contribution in [0.1, 0.15) is 5.56 Å². The second-order valence-electron chi connectivity index (χ2n) is 4.97. The van der Waals surface area contributed by atoms with E-state index >= 15 is 0 Å². The van der Waals surface area contributed by atoms with Crippen LogP contribution in [0.4, 0.5) is 44.7 Å². The number of hydrogen-bond acceptors (Lipinski definition) is 5. The second-order valence-corrected chi connectivity index (χ2v) is 6.10. The summed E-state index contributed by atoms with van der Waals surface area (Å²) < 4.78 is 67.7. The van der Waals surface area contributed by atoms with Crippen molar-refractivity contribution in [2.45, 2.75) is 6.18 Å². The van der Waals surface area contributed by atoms with E-state index in [0.717, 1.165) is 0 Å². The summed E-state index contributed by atoms with van der Waals surface area (Å²) in [5.74, 6) is -3.18. The Morgan fingerprint density at radius 1 is 0.857 bits per heavy atom. The molecule has 0 aromatic heterocycles. The zero-order chi connectivity index (χ0) is 21.5. The Balaban J connectivity index is 2.87. The average molecular weight is 467 g/mol. The Morgan fingerprint density at radius 3 is 1.75 bits per heavy atom. The number of hydrogen-bond donors (Lipinski definition) is 1. The predicted molar refractivity (Wildman–Crippen MR) is 89.4 cm³/mol. The number of anilines is 2. The van der Waals surface area contributed by atoms with Gasteiger partial charge in [-0.2, -0.15) is 13.2 Å². The van der Waals surface area contributed by atoms with Crippen molar-refractivity contribution in [3.05, 3.63) is 64.6 Å². The van der Waals surface area contributed by atoms with Gasteiger partial charge >= 0.3 is 6.18 Å². The van der Waals surface area contributed by atoms with Crippen molar-refractivity contribution in [1.82, 2.24) is 0 Å². The van der Waals surface area contributed by atoms with Crippen LogP contribution in [0.2, 0.25) is 15.1 Å². The summed E-state index contributed by atoms with van der Waals surface area (Å²) in [6, 6.07) is 0.224. The standard InChI is InChI=1S/C13H3Cl3F5N3O4/c14-6-9(17)7(15)12(8(16)10(6)18)22-11-4(13(19,20)21)1-3(23(25)26)2-5(11)24(27)28/h1-2,22H. The lowest BCUT2D eigenvalue weighted by Crippen LogP contribution is -2.12. The SMILES string of the molecule is O=[N+]([O-])c1cc([N+](=O)[O-])c(Nc2c(Cl)c(F)c(Cl)c(F)c2Cl)c(C(F)(F)F)c1.